The summed E-state index contributed by atoms with van der Waals surface area (Å²) in [4.78, 5) is 0. The summed E-state index contributed by atoms with van der Waals surface area (Å²) in [6.45, 7) is 6.79. The Labute approximate surface area is 70.0 Å². The van der Waals surface area contributed by atoms with Crippen LogP contribution in [0.15, 0.2) is 0 Å². The van der Waals surface area contributed by atoms with Gasteiger partial charge in [0.1, 0.15) is 0 Å². The van der Waals surface area contributed by atoms with Crippen molar-refractivity contribution in [1.82, 2.24) is 5.32 Å². The zero-order chi connectivity index (χ0) is 8.53. The van der Waals surface area contributed by atoms with E-state index in [1.165, 1.54) is 12.8 Å². The van der Waals surface area contributed by atoms with Crippen molar-refractivity contribution in [3.8, 4) is 0 Å². The third kappa shape index (κ3) is 7.82. The molecule has 0 aliphatic carbocycles. The summed E-state index contributed by atoms with van der Waals surface area (Å²) in [5, 5.41) is 12.0. The molecule has 2 heteroatoms. The first kappa shape index (κ1) is 10.9. The zero-order valence-electron chi connectivity index (χ0n) is 7.77. The van der Waals surface area contributed by atoms with Crippen molar-refractivity contribution in [2.45, 2.75) is 33.1 Å². The lowest BCUT2D eigenvalue weighted by Gasteiger charge is -2.07. The average molecular weight is 159 g/mol. The van der Waals surface area contributed by atoms with Gasteiger partial charge in [0.05, 0.1) is 0 Å². The summed E-state index contributed by atoms with van der Waals surface area (Å²) in [5.41, 5.74) is 0. The molecule has 0 aromatic carbocycles. The number of hydrogen-bond donors (Lipinski definition) is 2. The van der Waals surface area contributed by atoms with Crippen molar-refractivity contribution in [2.75, 3.05) is 19.7 Å². The fourth-order valence-corrected chi connectivity index (χ4v) is 0.969. The van der Waals surface area contributed by atoms with Gasteiger partial charge in [-0.1, -0.05) is 13.8 Å². The number of aliphatic hydroxyl groups is 1. The van der Waals surface area contributed by atoms with E-state index in [1.54, 1.807) is 0 Å². The first-order valence-electron chi connectivity index (χ1n) is 4.62. The Morgan fingerprint density at radius 2 is 2.09 bits per heavy atom. The summed E-state index contributed by atoms with van der Waals surface area (Å²) in [6.07, 6.45) is 3.52. The molecule has 0 fully saturated rings. The Hall–Kier alpha value is -0.0800. The molecule has 0 amide bonds. The van der Waals surface area contributed by atoms with E-state index in [0.29, 0.717) is 12.5 Å². The standard InChI is InChI=1S/C9H21NO/c1-3-6-10-7-4-5-9(2)8-11/h9-11H,3-8H2,1-2H3. The maximum Gasteiger partial charge on any atom is 0.0456 e. The van der Waals surface area contributed by atoms with Crippen LogP contribution in [-0.2, 0) is 0 Å². The highest BCUT2D eigenvalue weighted by atomic mass is 16.3. The molecule has 0 spiro atoms. The molecular weight excluding hydrogens is 138 g/mol. The van der Waals surface area contributed by atoms with Crippen LogP contribution in [0.25, 0.3) is 0 Å². The van der Waals surface area contributed by atoms with Crippen LogP contribution in [0.1, 0.15) is 33.1 Å². The minimum absolute atomic E-state index is 0.327. The van der Waals surface area contributed by atoms with Crippen LogP contribution in [0.2, 0.25) is 0 Å². The van der Waals surface area contributed by atoms with Crippen LogP contribution >= 0.6 is 0 Å². The zero-order valence-corrected chi connectivity index (χ0v) is 7.77. The average Bonchev–Trinajstić information content (AvgIpc) is 2.04. The van der Waals surface area contributed by atoms with Crippen LogP contribution in [-0.4, -0.2) is 24.8 Å². The van der Waals surface area contributed by atoms with Crippen LogP contribution in [0.4, 0.5) is 0 Å². The minimum Gasteiger partial charge on any atom is -0.396 e. The maximum atomic E-state index is 8.72. The van der Waals surface area contributed by atoms with E-state index in [1.807, 2.05) is 0 Å². The highest BCUT2D eigenvalue weighted by Gasteiger charge is 1.97. The van der Waals surface area contributed by atoms with Gasteiger partial charge in [0.15, 0.2) is 0 Å². The second-order valence-corrected chi connectivity index (χ2v) is 3.18. The first-order chi connectivity index (χ1) is 5.31. The maximum absolute atomic E-state index is 8.72. The van der Waals surface area contributed by atoms with E-state index < -0.39 is 0 Å². The summed E-state index contributed by atoms with van der Waals surface area (Å²) < 4.78 is 0. The Balaban J connectivity index is 2.89. The fourth-order valence-electron chi connectivity index (χ4n) is 0.969. The summed E-state index contributed by atoms with van der Waals surface area (Å²) in [7, 11) is 0. The summed E-state index contributed by atoms with van der Waals surface area (Å²) >= 11 is 0. The van der Waals surface area contributed by atoms with Crippen LogP contribution < -0.4 is 5.32 Å². The Morgan fingerprint density at radius 3 is 2.64 bits per heavy atom. The molecule has 0 radical (unpaired) electrons. The molecule has 0 aliphatic rings. The minimum atomic E-state index is 0.327. The molecule has 0 rings (SSSR count). The van der Waals surface area contributed by atoms with Gasteiger partial charge < -0.3 is 10.4 Å². The molecule has 0 aromatic rings. The molecule has 0 aliphatic heterocycles. The predicted molar refractivity (Wildman–Crippen MR) is 48.6 cm³/mol. The Kier molecular flexibility index (Phi) is 7.96. The molecule has 68 valence electrons. The largest absolute Gasteiger partial charge is 0.396 e. The smallest absolute Gasteiger partial charge is 0.0456 e. The van der Waals surface area contributed by atoms with Gasteiger partial charge in [0, 0.05) is 6.61 Å². The van der Waals surface area contributed by atoms with Crippen molar-refractivity contribution in [1.29, 1.82) is 0 Å². The number of hydrogen-bond acceptors (Lipinski definition) is 2. The van der Waals surface area contributed by atoms with Gasteiger partial charge in [-0.2, -0.15) is 0 Å². The first-order valence-corrected chi connectivity index (χ1v) is 4.62. The number of aliphatic hydroxyl groups excluding tert-OH is 1. The van der Waals surface area contributed by atoms with Crippen LogP contribution in [0, 0.1) is 5.92 Å². The van der Waals surface area contributed by atoms with E-state index >= 15 is 0 Å². The Bertz CT molecular complexity index is 76.0. The molecule has 2 nitrogen and oxygen atoms in total. The van der Waals surface area contributed by atoms with E-state index in [-0.39, 0.29) is 0 Å². The van der Waals surface area contributed by atoms with Crippen molar-refractivity contribution in [3.63, 3.8) is 0 Å². The molecule has 0 saturated heterocycles. The van der Waals surface area contributed by atoms with Crippen molar-refractivity contribution in [2.24, 2.45) is 5.92 Å². The van der Waals surface area contributed by atoms with Gasteiger partial charge in [-0.25, -0.2) is 0 Å². The van der Waals surface area contributed by atoms with Gasteiger partial charge in [0.25, 0.3) is 0 Å². The fraction of sp³-hybridized carbons (Fsp3) is 1.00. The van der Waals surface area contributed by atoms with Crippen LogP contribution in [0.3, 0.4) is 0 Å². The monoisotopic (exact) mass is 159 g/mol. The topological polar surface area (TPSA) is 32.3 Å². The molecule has 0 heterocycles. The van der Waals surface area contributed by atoms with Gasteiger partial charge in [-0.15, -0.1) is 0 Å². The van der Waals surface area contributed by atoms with E-state index in [0.717, 1.165) is 19.5 Å². The molecule has 11 heavy (non-hydrogen) atoms. The van der Waals surface area contributed by atoms with E-state index in [4.69, 9.17) is 5.11 Å². The van der Waals surface area contributed by atoms with Crippen LogP contribution in [0.5, 0.6) is 0 Å². The van der Waals surface area contributed by atoms with Crippen molar-refractivity contribution >= 4 is 0 Å². The second-order valence-electron chi connectivity index (χ2n) is 3.18. The summed E-state index contributed by atoms with van der Waals surface area (Å²) in [5.74, 6) is 0.471. The second kappa shape index (κ2) is 8.02. The summed E-state index contributed by atoms with van der Waals surface area (Å²) in [6, 6.07) is 0. The third-order valence-electron chi connectivity index (χ3n) is 1.79. The molecular formula is C9H21NO. The normalized spacial score (nSPS) is 13.4. The molecule has 1 unspecified atom stereocenters. The van der Waals surface area contributed by atoms with Gasteiger partial charge in [0.2, 0.25) is 0 Å². The molecule has 0 bridgehead atoms. The third-order valence-corrected chi connectivity index (χ3v) is 1.79. The van der Waals surface area contributed by atoms with E-state index in [2.05, 4.69) is 19.2 Å². The highest BCUT2D eigenvalue weighted by molar-refractivity contribution is 4.52. The van der Waals surface area contributed by atoms with E-state index in [9.17, 15) is 0 Å². The lowest BCUT2D eigenvalue weighted by molar-refractivity contribution is 0.228. The van der Waals surface area contributed by atoms with Crippen molar-refractivity contribution in [3.05, 3.63) is 0 Å². The number of rotatable bonds is 7. The highest BCUT2D eigenvalue weighted by Crippen LogP contribution is 2.02. The quantitative estimate of drug-likeness (QED) is 0.550. The molecule has 0 saturated carbocycles. The van der Waals surface area contributed by atoms with Gasteiger partial charge in [-0.3, -0.25) is 0 Å². The number of nitrogens with one attached hydrogen (secondary N) is 1. The lowest BCUT2D eigenvalue weighted by Crippen LogP contribution is -2.16. The van der Waals surface area contributed by atoms with Crippen molar-refractivity contribution < 1.29 is 5.11 Å². The molecule has 2 N–H and O–H groups in total. The predicted octanol–water partition coefficient (Wildman–Crippen LogP) is 1.39. The molecule has 0 aromatic heterocycles. The Morgan fingerprint density at radius 1 is 1.36 bits per heavy atom. The van der Waals surface area contributed by atoms with Gasteiger partial charge >= 0.3 is 0 Å². The van der Waals surface area contributed by atoms with Gasteiger partial charge in [-0.05, 0) is 38.3 Å². The lowest BCUT2D eigenvalue weighted by atomic mass is 10.1. The SMILES string of the molecule is CCCNCCCC(C)CO. The molecule has 1 atom stereocenters.